The molecular formula is C17H19N3O2S. The smallest absolute Gasteiger partial charge is 0.203 e. The zero-order chi connectivity index (χ0) is 16.4. The number of aromatic nitrogens is 1. The average molecular weight is 329 g/mol. The standard InChI is InChI=1S/C17H19N3O2S/c1-10-6-13(8-16(22)11(10)2)19-20-17-18-15(9-23-17)12-4-3-5-14(21)7-12/h3-5,7,9-11,21H,6,8H2,1-2H3,(H,18,20). The lowest BCUT2D eigenvalue weighted by atomic mass is 9.80. The Kier molecular flexibility index (Phi) is 4.43. The number of carbonyl (C=O) groups excluding carboxylic acids is 1. The minimum Gasteiger partial charge on any atom is -0.508 e. The molecule has 0 aliphatic heterocycles. The van der Waals surface area contributed by atoms with Gasteiger partial charge in [0.15, 0.2) is 0 Å². The number of rotatable bonds is 3. The number of carbonyl (C=O) groups is 1. The van der Waals surface area contributed by atoms with E-state index in [4.69, 9.17) is 0 Å². The van der Waals surface area contributed by atoms with Crippen LogP contribution in [0.2, 0.25) is 0 Å². The van der Waals surface area contributed by atoms with Gasteiger partial charge in [-0.3, -0.25) is 10.2 Å². The number of phenols is 1. The lowest BCUT2D eigenvalue weighted by Crippen LogP contribution is -2.30. The van der Waals surface area contributed by atoms with Crippen molar-refractivity contribution in [1.82, 2.24) is 4.98 Å². The second-order valence-electron chi connectivity index (χ2n) is 5.99. The molecule has 1 heterocycles. The van der Waals surface area contributed by atoms with Gasteiger partial charge in [0, 0.05) is 29.0 Å². The molecular weight excluding hydrogens is 310 g/mol. The number of aromatic hydroxyl groups is 1. The van der Waals surface area contributed by atoms with Crippen molar-refractivity contribution in [3.8, 4) is 17.0 Å². The van der Waals surface area contributed by atoms with Crippen LogP contribution in [-0.2, 0) is 4.79 Å². The van der Waals surface area contributed by atoms with Crippen molar-refractivity contribution in [1.29, 1.82) is 0 Å². The number of ketones is 1. The molecule has 1 aliphatic rings. The molecule has 5 nitrogen and oxygen atoms in total. The maximum atomic E-state index is 11.9. The van der Waals surface area contributed by atoms with Gasteiger partial charge in [-0.15, -0.1) is 11.3 Å². The zero-order valence-corrected chi connectivity index (χ0v) is 13.9. The quantitative estimate of drug-likeness (QED) is 0.837. The highest BCUT2D eigenvalue weighted by Crippen LogP contribution is 2.28. The van der Waals surface area contributed by atoms with Gasteiger partial charge in [-0.1, -0.05) is 26.0 Å². The number of phenolic OH excluding ortho intramolecular Hbond substituents is 1. The van der Waals surface area contributed by atoms with Crippen LogP contribution in [0.4, 0.5) is 5.13 Å². The topological polar surface area (TPSA) is 74.6 Å². The van der Waals surface area contributed by atoms with Crippen LogP contribution in [0.5, 0.6) is 5.75 Å². The van der Waals surface area contributed by atoms with E-state index in [1.165, 1.54) is 11.3 Å². The van der Waals surface area contributed by atoms with Crippen molar-refractivity contribution in [2.75, 3.05) is 5.43 Å². The van der Waals surface area contributed by atoms with Gasteiger partial charge in [-0.05, 0) is 24.5 Å². The van der Waals surface area contributed by atoms with Crippen molar-refractivity contribution in [3.05, 3.63) is 29.6 Å². The Morgan fingerprint density at radius 2 is 2.22 bits per heavy atom. The molecule has 23 heavy (non-hydrogen) atoms. The Hall–Kier alpha value is -2.21. The lowest BCUT2D eigenvalue weighted by Gasteiger charge is -2.25. The van der Waals surface area contributed by atoms with Crippen LogP contribution in [-0.4, -0.2) is 21.6 Å². The summed E-state index contributed by atoms with van der Waals surface area (Å²) in [5.41, 5.74) is 5.49. The second-order valence-corrected chi connectivity index (χ2v) is 6.85. The van der Waals surface area contributed by atoms with E-state index >= 15 is 0 Å². The first-order chi connectivity index (χ1) is 11.0. The predicted molar refractivity (Wildman–Crippen MR) is 92.8 cm³/mol. The summed E-state index contributed by atoms with van der Waals surface area (Å²) in [7, 11) is 0. The molecule has 2 atom stereocenters. The highest BCUT2D eigenvalue weighted by molar-refractivity contribution is 7.14. The summed E-state index contributed by atoms with van der Waals surface area (Å²) in [6.07, 6.45) is 1.26. The molecule has 1 aromatic heterocycles. The van der Waals surface area contributed by atoms with Crippen molar-refractivity contribution < 1.29 is 9.90 Å². The number of nitrogens with zero attached hydrogens (tertiary/aromatic N) is 2. The maximum absolute atomic E-state index is 11.9. The van der Waals surface area contributed by atoms with Crippen molar-refractivity contribution in [2.24, 2.45) is 16.9 Å². The zero-order valence-electron chi connectivity index (χ0n) is 13.1. The fraction of sp³-hybridized carbons (Fsp3) is 0.353. The van der Waals surface area contributed by atoms with Crippen molar-refractivity contribution in [2.45, 2.75) is 26.7 Å². The number of hydrogen-bond acceptors (Lipinski definition) is 6. The first-order valence-corrected chi connectivity index (χ1v) is 8.50. The normalized spacial score (nSPS) is 23.2. The Bertz CT molecular complexity index is 754. The monoisotopic (exact) mass is 329 g/mol. The van der Waals surface area contributed by atoms with Crippen LogP contribution in [0, 0.1) is 11.8 Å². The molecule has 2 unspecified atom stereocenters. The lowest BCUT2D eigenvalue weighted by molar-refractivity contribution is -0.123. The fourth-order valence-electron chi connectivity index (χ4n) is 2.64. The van der Waals surface area contributed by atoms with Crippen LogP contribution < -0.4 is 5.43 Å². The Balaban J connectivity index is 1.70. The van der Waals surface area contributed by atoms with Gasteiger partial charge in [0.1, 0.15) is 11.5 Å². The summed E-state index contributed by atoms with van der Waals surface area (Å²) in [4.78, 5) is 16.4. The van der Waals surface area contributed by atoms with E-state index in [-0.39, 0.29) is 17.5 Å². The summed E-state index contributed by atoms with van der Waals surface area (Å²) < 4.78 is 0. The highest BCUT2D eigenvalue weighted by atomic mass is 32.1. The number of benzene rings is 1. The third kappa shape index (κ3) is 3.59. The minimum atomic E-state index is 0.117. The SMILES string of the molecule is CC1CC(=NNc2nc(-c3cccc(O)c3)cs2)CC(=O)C1C. The van der Waals surface area contributed by atoms with Gasteiger partial charge >= 0.3 is 0 Å². The molecule has 2 aromatic rings. The molecule has 1 saturated carbocycles. The molecule has 0 spiro atoms. The van der Waals surface area contributed by atoms with Crippen molar-refractivity contribution in [3.63, 3.8) is 0 Å². The molecule has 6 heteroatoms. The van der Waals surface area contributed by atoms with E-state index in [9.17, 15) is 9.90 Å². The summed E-state index contributed by atoms with van der Waals surface area (Å²) in [5.74, 6) is 0.917. The van der Waals surface area contributed by atoms with Crippen LogP contribution >= 0.6 is 11.3 Å². The number of anilines is 1. The number of hydrogen-bond donors (Lipinski definition) is 2. The van der Waals surface area contributed by atoms with Gasteiger partial charge in [0.05, 0.1) is 5.69 Å². The third-order valence-electron chi connectivity index (χ3n) is 4.25. The summed E-state index contributed by atoms with van der Waals surface area (Å²) in [5, 5.41) is 16.5. The predicted octanol–water partition coefficient (Wildman–Crippen LogP) is 3.92. The van der Waals surface area contributed by atoms with E-state index in [1.807, 2.05) is 18.4 Å². The van der Waals surface area contributed by atoms with E-state index in [2.05, 4.69) is 22.4 Å². The van der Waals surface area contributed by atoms with Crippen LogP contribution in [0.25, 0.3) is 11.3 Å². The number of nitrogens with one attached hydrogen (secondary N) is 1. The van der Waals surface area contributed by atoms with Gasteiger partial charge < -0.3 is 5.11 Å². The summed E-state index contributed by atoms with van der Waals surface area (Å²) in [6, 6.07) is 6.98. The van der Waals surface area contributed by atoms with Crippen LogP contribution in [0.1, 0.15) is 26.7 Å². The van der Waals surface area contributed by atoms with E-state index < -0.39 is 0 Å². The molecule has 2 N–H and O–H groups in total. The van der Waals surface area contributed by atoms with E-state index in [0.717, 1.165) is 23.4 Å². The molecule has 0 bridgehead atoms. The minimum absolute atomic E-state index is 0.117. The Morgan fingerprint density at radius 1 is 1.39 bits per heavy atom. The van der Waals surface area contributed by atoms with Gasteiger partial charge in [0.2, 0.25) is 5.13 Å². The molecule has 1 aromatic carbocycles. The fourth-order valence-corrected chi connectivity index (χ4v) is 3.30. The van der Waals surface area contributed by atoms with Gasteiger partial charge in [-0.25, -0.2) is 4.98 Å². The highest BCUT2D eigenvalue weighted by Gasteiger charge is 2.28. The van der Waals surface area contributed by atoms with Crippen molar-refractivity contribution >= 4 is 28.0 Å². The molecule has 0 saturated heterocycles. The molecule has 0 amide bonds. The Labute approximate surface area is 139 Å². The van der Waals surface area contributed by atoms with Crippen LogP contribution in [0.3, 0.4) is 0 Å². The van der Waals surface area contributed by atoms with Crippen LogP contribution in [0.15, 0.2) is 34.7 Å². The van der Waals surface area contributed by atoms with Gasteiger partial charge in [0.25, 0.3) is 0 Å². The average Bonchev–Trinajstić information content (AvgIpc) is 2.99. The first kappa shape index (κ1) is 15.7. The molecule has 120 valence electrons. The Morgan fingerprint density at radius 3 is 2.96 bits per heavy atom. The molecule has 1 fully saturated rings. The molecule has 1 aliphatic carbocycles. The summed E-state index contributed by atoms with van der Waals surface area (Å²) >= 11 is 1.45. The first-order valence-electron chi connectivity index (χ1n) is 7.62. The van der Waals surface area contributed by atoms with Gasteiger partial charge in [-0.2, -0.15) is 5.10 Å². The third-order valence-corrected chi connectivity index (χ3v) is 5.00. The number of hydrazone groups is 1. The largest absolute Gasteiger partial charge is 0.508 e. The number of thiazole rings is 1. The van der Waals surface area contributed by atoms with E-state index in [0.29, 0.717) is 17.5 Å². The van der Waals surface area contributed by atoms with E-state index in [1.54, 1.807) is 18.2 Å². The molecule has 0 radical (unpaired) electrons. The molecule has 3 rings (SSSR count). The second kappa shape index (κ2) is 6.50. The summed E-state index contributed by atoms with van der Waals surface area (Å²) in [6.45, 7) is 4.07. The number of Topliss-reactive ketones (excluding diaryl/α,β-unsaturated/α-hetero) is 1. The maximum Gasteiger partial charge on any atom is 0.203 e.